The molecule has 1 aliphatic rings. The molecule has 0 heterocycles. The maximum atomic E-state index is 12.3. The van der Waals surface area contributed by atoms with E-state index in [1.54, 1.807) is 0 Å². The van der Waals surface area contributed by atoms with Crippen LogP contribution in [0.15, 0.2) is 28.7 Å². The molecular weight excluding hydrogens is 350 g/mol. The van der Waals surface area contributed by atoms with Crippen LogP contribution in [0, 0.1) is 0 Å². The Hall–Kier alpha value is -0.830. The second kappa shape index (κ2) is 10.9. The summed E-state index contributed by atoms with van der Waals surface area (Å²) in [4.78, 5) is 12.3. The number of halogens is 1. The first-order chi connectivity index (χ1) is 11.2. The van der Waals surface area contributed by atoms with Crippen molar-refractivity contribution >= 4 is 21.8 Å². The van der Waals surface area contributed by atoms with Crippen LogP contribution >= 0.6 is 15.9 Å². The summed E-state index contributed by atoms with van der Waals surface area (Å²) in [6, 6.07) is 8.41. The molecule has 0 aliphatic heterocycles. The van der Waals surface area contributed by atoms with Gasteiger partial charge in [-0.25, -0.2) is 0 Å². The van der Waals surface area contributed by atoms with Gasteiger partial charge in [0.05, 0.1) is 6.42 Å². The van der Waals surface area contributed by atoms with E-state index in [-0.39, 0.29) is 5.91 Å². The van der Waals surface area contributed by atoms with Gasteiger partial charge in [-0.2, -0.15) is 0 Å². The van der Waals surface area contributed by atoms with Crippen LogP contribution in [0.3, 0.4) is 0 Å². The van der Waals surface area contributed by atoms with E-state index in [0.29, 0.717) is 12.5 Å². The van der Waals surface area contributed by atoms with Crippen molar-refractivity contribution in [2.24, 2.45) is 0 Å². The number of carbonyl (C=O) groups excluding carboxylic acids is 1. The zero-order valence-electron chi connectivity index (χ0n) is 14.2. The van der Waals surface area contributed by atoms with E-state index >= 15 is 0 Å². The van der Waals surface area contributed by atoms with E-state index in [9.17, 15) is 4.79 Å². The van der Waals surface area contributed by atoms with Crippen molar-refractivity contribution in [2.75, 3.05) is 0 Å². The molecule has 0 radical (unpaired) electrons. The first-order valence-corrected chi connectivity index (χ1v) is 10.1. The Balaban J connectivity index is 1.79. The highest BCUT2D eigenvalue weighted by Crippen LogP contribution is 2.17. The van der Waals surface area contributed by atoms with Crippen molar-refractivity contribution in [1.29, 1.82) is 0 Å². The van der Waals surface area contributed by atoms with E-state index in [1.807, 2.05) is 24.3 Å². The van der Waals surface area contributed by atoms with Gasteiger partial charge in [-0.1, -0.05) is 85.9 Å². The Morgan fingerprint density at radius 2 is 1.35 bits per heavy atom. The molecule has 1 aromatic rings. The Morgan fingerprint density at radius 1 is 0.870 bits per heavy atom. The molecule has 1 amide bonds. The Labute approximate surface area is 149 Å². The van der Waals surface area contributed by atoms with Crippen LogP contribution < -0.4 is 5.32 Å². The number of benzene rings is 1. The summed E-state index contributed by atoms with van der Waals surface area (Å²) in [5, 5.41) is 3.28. The van der Waals surface area contributed by atoms with Gasteiger partial charge < -0.3 is 5.32 Å². The van der Waals surface area contributed by atoms with E-state index in [1.165, 1.54) is 57.8 Å². The van der Waals surface area contributed by atoms with Gasteiger partial charge in [-0.05, 0) is 30.5 Å². The molecule has 1 saturated carbocycles. The summed E-state index contributed by atoms with van der Waals surface area (Å²) in [6.45, 7) is 0. The van der Waals surface area contributed by atoms with Crippen molar-refractivity contribution < 1.29 is 4.79 Å². The minimum Gasteiger partial charge on any atom is -0.353 e. The number of amides is 1. The number of carbonyl (C=O) groups is 1. The molecule has 0 unspecified atom stereocenters. The van der Waals surface area contributed by atoms with Crippen molar-refractivity contribution in [3.8, 4) is 0 Å². The van der Waals surface area contributed by atoms with Crippen molar-refractivity contribution in [3.63, 3.8) is 0 Å². The molecule has 0 spiro atoms. The van der Waals surface area contributed by atoms with Crippen LogP contribution in [0.1, 0.15) is 76.2 Å². The topological polar surface area (TPSA) is 29.1 Å². The quantitative estimate of drug-likeness (QED) is 0.707. The second-order valence-electron chi connectivity index (χ2n) is 6.83. The van der Waals surface area contributed by atoms with Gasteiger partial charge >= 0.3 is 0 Å². The lowest BCUT2D eigenvalue weighted by Gasteiger charge is -2.19. The lowest BCUT2D eigenvalue weighted by atomic mass is 9.97. The maximum absolute atomic E-state index is 12.3. The zero-order valence-corrected chi connectivity index (χ0v) is 15.7. The van der Waals surface area contributed by atoms with Gasteiger partial charge in [0.15, 0.2) is 0 Å². The molecule has 128 valence electrons. The molecule has 1 aliphatic carbocycles. The van der Waals surface area contributed by atoms with Gasteiger partial charge in [0.2, 0.25) is 5.91 Å². The van der Waals surface area contributed by atoms with Crippen molar-refractivity contribution in [3.05, 3.63) is 34.3 Å². The molecule has 0 bridgehead atoms. The summed E-state index contributed by atoms with van der Waals surface area (Å²) in [5.41, 5.74) is 1.08. The third kappa shape index (κ3) is 8.01. The van der Waals surface area contributed by atoms with Crippen LogP contribution in [0.2, 0.25) is 0 Å². The molecule has 0 aromatic heterocycles. The molecule has 0 atom stereocenters. The summed E-state index contributed by atoms with van der Waals surface area (Å²) < 4.78 is 1.06. The Kier molecular flexibility index (Phi) is 8.73. The molecule has 2 rings (SSSR count). The predicted molar refractivity (Wildman–Crippen MR) is 101 cm³/mol. The monoisotopic (exact) mass is 379 g/mol. The van der Waals surface area contributed by atoms with E-state index < -0.39 is 0 Å². The summed E-state index contributed by atoms with van der Waals surface area (Å²) in [7, 11) is 0. The minimum absolute atomic E-state index is 0.171. The fourth-order valence-electron chi connectivity index (χ4n) is 3.37. The number of rotatable bonds is 3. The zero-order chi connectivity index (χ0) is 16.3. The van der Waals surface area contributed by atoms with Gasteiger partial charge in [0.1, 0.15) is 0 Å². The third-order valence-corrected chi connectivity index (χ3v) is 5.28. The predicted octanol–water partition coefficient (Wildman–Crippen LogP) is 5.78. The van der Waals surface area contributed by atoms with Gasteiger partial charge in [0.25, 0.3) is 0 Å². The number of hydrogen-bond acceptors (Lipinski definition) is 1. The van der Waals surface area contributed by atoms with Crippen LogP contribution in [0.5, 0.6) is 0 Å². The van der Waals surface area contributed by atoms with Crippen LogP contribution in [-0.4, -0.2) is 11.9 Å². The second-order valence-corrected chi connectivity index (χ2v) is 7.74. The molecule has 0 saturated heterocycles. The van der Waals surface area contributed by atoms with Gasteiger partial charge in [0, 0.05) is 10.5 Å². The molecule has 2 nitrogen and oxygen atoms in total. The van der Waals surface area contributed by atoms with Crippen molar-refractivity contribution in [2.45, 2.75) is 83.1 Å². The summed E-state index contributed by atoms with van der Waals surface area (Å²) >= 11 is 3.43. The van der Waals surface area contributed by atoms with Crippen LogP contribution in [0.4, 0.5) is 0 Å². The lowest BCUT2D eigenvalue weighted by Crippen LogP contribution is -2.35. The molecule has 3 heteroatoms. The highest BCUT2D eigenvalue weighted by atomic mass is 79.9. The van der Waals surface area contributed by atoms with Gasteiger partial charge in [-0.15, -0.1) is 0 Å². The maximum Gasteiger partial charge on any atom is 0.224 e. The molecular formula is C20H30BrNO. The fourth-order valence-corrected chi connectivity index (χ4v) is 3.64. The highest BCUT2D eigenvalue weighted by Gasteiger charge is 2.13. The Bertz CT molecular complexity index is 445. The summed E-state index contributed by atoms with van der Waals surface area (Å²) in [6.07, 6.45) is 14.8. The van der Waals surface area contributed by atoms with Crippen molar-refractivity contribution in [1.82, 2.24) is 5.32 Å². The Morgan fingerprint density at radius 3 is 1.87 bits per heavy atom. The lowest BCUT2D eigenvalue weighted by molar-refractivity contribution is -0.121. The first-order valence-electron chi connectivity index (χ1n) is 9.28. The fraction of sp³-hybridized carbons (Fsp3) is 0.650. The van der Waals surface area contributed by atoms with E-state index in [0.717, 1.165) is 22.9 Å². The molecule has 1 fully saturated rings. The molecule has 23 heavy (non-hydrogen) atoms. The molecule has 1 aromatic carbocycles. The normalized spacial score (nSPS) is 18.7. The average molecular weight is 380 g/mol. The average Bonchev–Trinajstić information content (AvgIpc) is 2.52. The third-order valence-electron chi connectivity index (χ3n) is 4.75. The highest BCUT2D eigenvalue weighted by molar-refractivity contribution is 9.10. The largest absolute Gasteiger partial charge is 0.353 e. The van der Waals surface area contributed by atoms with Crippen LogP contribution in [-0.2, 0) is 11.2 Å². The standard InChI is InChI=1S/C20H30BrNO/c21-18-14-12-17(13-15-18)16-20(23)22-19-10-8-6-4-2-1-3-5-7-9-11-19/h12-15,19H,1-11,16H2,(H,22,23). The van der Waals surface area contributed by atoms with E-state index in [2.05, 4.69) is 21.2 Å². The minimum atomic E-state index is 0.171. The number of hydrogen-bond donors (Lipinski definition) is 1. The van der Waals surface area contributed by atoms with Crippen LogP contribution in [0.25, 0.3) is 0 Å². The summed E-state index contributed by atoms with van der Waals surface area (Å²) in [5.74, 6) is 0.171. The van der Waals surface area contributed by atoms with E-state index in [4.69, 9.17) is 0 Å². The van der Waals surface area contributed by atoms with Gasteiger partial charge in [-0.3, -0.25) is 4.79 Å². The first kappa shape index (κ1) is 18.5. The smallest absolute Gasteiger partial charge is 0.224 e. The number of nitrogens with one attached hydrogen (secondary N) is 1. The SMILES string of the molecule is O=C(Cc1ccc(Br)cc1)NC1CCCCCCCCCCC1. The molecule has 1 N–H and O–H groups in total.